The van der Waals surface area contributed by atoms with Gasteiger partial charge in [0.2, 0.25) is 5.91 Å². The van der Waals surface area contributed by atoms with Crippen molar-refractivity contribution in [2.45, 2.75) is 58.3 Å². The Hall–Kier alpha value is -0.880. The van der Waals surface area contributed by atoms with E-state index in [1.165, 1.54) is 31.8 Å². The highest BCUT2D eigenvalue weighted by atomic mass is 32.2. The van der Waals surface area contributed by atoms with E-state index in [1.807, 2.05) is 6.08 Å². The summed E-state index contributed by atoms with van der Waals surface area (Å²) in [7, 11) is -3.88. The fraction of sp³-hybridized carbons (Fsp3) is 0.786. The van der Waals surface area contributed by atoms with Gasteiger partial charge in [-0.2, -0.15) is 8.42 Å². The number of unbranched alkanes of at least 4 members (excludes halogenated alkanes) is 6. The maximum absolute atomic E-state index is 11.4. The van der Waals surface area contributed by atoms with Gasteiger partial charge in [0.1, 0.15) is 0 Å². The molecule has 0 heterocycles. The maximum Gasteiger partial charge on any atom is 0.264 e. The summed E-state index contributed by atoms with van der Waals surface area (Å²) in [5, 5.41) is 2.68. The molecule has 0 saturated heterocycles. The summed E-state index contributed by atoms with van der Waals surface area (Å²) in [6.07, 6.45) is 11.3. The van der Waals surface area contributed by atoms with Gasteiger partial charge in [0.15, 0.2) is 0 Å². The van der Waals surface area contributed by atoms with E-state index in [-0.39, 0.29) is 11.7 Å². The molecular weight excluding hydrogens is 278 g/mol. The van der Waals surface area contributed by atoms with E-state index in [0.29, 0.717) is 19.4 Å². The molecule has 0 saturated carbocycles. The van der Waals surface area contributed by atoms with Crippen LogP contribution in [0, 0.1) is 0 Å². The lowest BCUT2D eigenvalue weighted by Crippen LogP contribution is -2.22. The minimum Gasteiger partial charge on any atom is -0.353 e. The zero-order valence-electron chi connectivity index (χ0n) is 12.3. The normalized spacial score (nSPS) is 11.9. The van der Waals surface area contributed by atoms with Crippen LogP contribution in [0.4, 0.5) is 0 Å². The van der Waals surface area contributed by atoms with Gasteiger partial charge >= 0.3 is 0 Å². The number of allylic oxidation sites excluding steroid dienone is 1. The molecule has 20 heavy (non-hydrogen) atoms. The Bertz CT molecular complexity index is 377. The monoisotopic (exact) mass is 305 g/mol. The molecule has 118 valence electrons. The molecule has 0 atom stereocenters. The Morgan fingerprint density at radius 3 is 2.45 bits per heavy atom. The lowest BCUT2D eigenvalue weighted by molar-refractivity contribution is -0.116. The molecule has 0 radical (unpaired) electrons. The van der Waals surface area contributed by atoms with E-state index in [9.17, 15) is 13.2 Å². The van der Waals surface area contributed by atoms with Crippen LogP contribution in [0.3, 0.4) is 0 Å². The van der Waals surface area contributed by atoms with Crippen molar-refractivity contribution in [3.63, 3.8) is 0 Å². The lowest BCUT2D eigenvalue weighted by atomic mass is 10.1. The molecule has 0 unspecified atom stereocenters. The number of carbonyl (C=O) groups excluding carboxylic acids is 1. The third-order valence-corrected chi connectivity index (χ3v) is 3.68. The van der Waals surface area contributed by atoms with Crippen molar-refractivity contribution in [1.29, 1.82) is 0 Å². The van der Waals surface area contributed by atoms with Crippen LogP contribution in [0.15, 0.2) is 12.2 Å². The molecule has 5 nitrogen and oxygen atoms in total. The summed E-state index contributed by atoms with van der Waals surface area (Å²) in [4.78, 5) is 11.4. The molecule has 0 aromatic carbocycles. The minimum atomic E-state index is -3.88. The number of hydrogen-bond donors (Lipinski definition) is 2. The van der Waals surface area contributed by atoms with Crippen LogP contribution >= 0.6 is 0 Å². The molecule has 0 aliphatic heterocycles. The summed E-state index contributed by atoms with van der Waals surface area (Å²) in [5.74, 6) is -0.401. The highest BCUT2D eigenvalue weighted by Crippen LogP contribution is 2.05. The van der Waals surface area contributed by atoms with Crippen LogP contribution in [0.25, 0.3) is 0 Å². The average molecular weight is 305 g/mol. The summed E-state index contributed by atoms with van der Waals surface area (Å²) >= 11 is 0. The van der Waals surface area contributed by atoms with Crippen LogP contribution < -0.4 is 5.32 Å². The topological polar surface area (TPSA) is 83.5 Å². The van der Waals surface area contributed by atoms with Gasteiger partial charge in [-0.15, -0.1) is 0 Å². The van der Waals surface area contributed by atoms with E-state index < -0.39 is 10.1 Å². The summed E-state index contributed by atoms with van der Waals surface area (Å²) in [6.45, 7) is 2.61. The predicted octanol–water partition coefficient (Wildman–Crippen LogP) is 2.69. The van der Waals surface area contributed by atoms with Gasteiger partial charge in [-0.25, -0.2) is 0 Å². The number of rotatable bonds is 12. The van der Waals surface area contributed by atoms with Crippen molar-refractivity contribution in [2.75, 3.05) is 12.3 Å². The van der Waals surface area contributed by atoms with Crippen LogP contribution in [-0.2, 0) is 14.9 Å². The highest BCUT2D eigenvalue weighted by Gasteiger charge is 2.03. The molecule has 0 aliphatic carbocycles. The summed E-state index contributed by atoms with van der Waals surface area (Å²) in [5.41, 5.74) is 0. The van der Waals surface area contributed by atoms with Gasteiger partial charge in [0.05, 0.1) is 5.75 Å². The number of nitrogens with one attached hydrogen (secondary N) is 1. The van der Waals surface area contributed by atoms with Gasteiger partial charge in [0.25, 0.3) is 10.1 Å². The second kappa shape index (κ2) is 11.9. The van der Waals surface area contributed by atoms with Gasteiger partial charge in [-0.05, 0) is 31.8 Å². The Kier molecular flexibility index (Phi) is 11.4. The zero-order chi connectivity index (χ0) is 15.3. The van der Waals surface area contributed by atoms with Crippen LogP contribution in [0.5, 0.6) is 0 Å². The minimum absolute atomic E-state index is 0.148. The fourth-order valence-electron chi connectivity index (χ4n) is 1.74. The first-order valence-corrected chi connectivity index (χ1v) is 8.96. The van der Waals surface area contributed by atoms with E-state index >= 15 is 0 Å². The van der Waals surface area contributed by atoms with Gasteiger partial charge in [-0.3, -0.25) is 9.35 Å². The zero-order valence-corrected chi connectivity index (χ0v) is 13.1. The number of carbonyl (C=O) groups is 1. The Morgan fingerprint density at radius 2 is 1.80 bits per heavy atom. The second-order valence-electron chi connectivity index (χ2n) is 4.89. The van der Waals surface area contributed by atoms with Crippen molar-refractivity contribution >= 4 is 16.0 Å². The molecule has 0 rings (SSSR count). The molecule has 0 aliphatic rings. The molecular formula is C14H27NO4S. The molecule has 0 fully saturated rings. The van der Waals surface area contributed by atoms with Crippen molar-refractivity contribution in [3.05, 3.63) is 12.2 Å². The van der Waals surface area contributed by atoms with Crippen molar-refractivity contribution < 1.29 is 17.8 Å². The van der Waals surface area contributed by atoms with E-state index in [1.54, 1.807) is 0 Å². The standard InChI is InChI=1S/C14H27NO4S/c1-2-3-4-5-6-7-8-11-14(16)15-12-9-10-13-20(17,18)19/h8,11H,2-7,9-10,12-13H2,1H3,(H,15,16)(H,17,18,19)/b11-8+. The maximum atomic E-state index is 11.4. The summed E-state index contributed by atoms with van der Waals surface area (Å²) < 4.78 is 29.4. The lowest BCUT2D eigenvalue weighted by Gasteiger charge is -2.01. The SMILES string of the molecule is CCCCCCC/C=C/C(=O)NCCCCS(=O)(=O)O. The second-order valence-corrected chi connectivity index (χ2v) is 6.46. The Labute approximate surface area is 122 Å². The third-order valence-electron chi connectivity index (χ3n) is 2.87. The number of hydrogen-bond acceptors (Lipinski definition) is 3. The molecule has 0 aromatic rings. The third kappa shape index (κ3) is 15.2. The van der Waals surface area contributed by atoms with Crippen molar-refractivity contribution in [2.24, 2.45) is 0 Å². The quantitative estimate of drug-likeness (QED) is 0.330. The van der Waals surface area contributed by atoms with Gasteiger partial charge < -0.3 is 5.32 Å². The van der Waals surface area contributed by atoms with E-state index in [4.69, 9.17) is 4.55 Å². The fourth-order valence-corrected chi connectivity index (χ4v) is 2.31. The van der Waals surface area contributed by atoms with Crippen LogP contribution in [0.2, 0.25) is 0 Å². The molecule has 0 aromatic heterocycles. The Balaban J connectivity index is 3.44. The highest BCUT2D eigenvalue weighted by molar-refractivity contribution is 7.85. The summed E-state index contributed by atoms with van der Waals surface area (Å²) in [6, 6.07) is 0. The smallest absolute Gasteiger partial charge is 0.264 e. The van der Waals surface area contributed by atoms with Crippen LogP contribution in [-0.4, -0.2) is 31.2 Å². The largest absolute Gasteiger partial charge is 0.353 e. The van der Waals surface area contributed by atoms with E-state index in [0.717, 1.165) is 12.8 Å². The van der Waals surface area contributed by atoms with Gasteiger partial charge in [-0.1, -0.05) is 38.7 Å². The Morgan fingerprint density at radius 1 is 1.10 bits per heavy atom. The molecule has 0 spiro atoms. The molecule has 6 heteroatoms. The molecule has 2 N–H and O–H groups in total. The van der Waals surface area contributed by atoms with Gasteiger partial charge in [0, 0.05) is 6.54 Å². The first-order valence-electron chi connectivity index (χ1n) is 7.35. The van der Waals surface area contributed by atoms with Crippen LogP contribution in [0.1, 0.15) is 58.3 Å². The number of amides is 1. The van der Waals surface area contributed by atoms with E-state index in [2.05, 4.69) is 12.2 Å². The van der Waals surface area contributed by atoms with Crippen molar-refractivity contribution in [3.8, 4) is 0 Å². The predicted molar refractivity (Wildman–Crippen MR) is 81.2 cm³/mol. The molecule has 1 amide bonds. The van der Waals surface area contributed by atoms with Crippen molar-refractivity contribution in [1.82, 2.24) is 5.32 Å². The first-order chi connectivity index (χ1) is 9.45. The average Bonchev–Trinajstić information content (AvgIpc) is 2.36. The molecule has 0 bridgehead atoms. The first kappa shape index (κ1) is 19.1.